The Labute approximate surface area is 171 Å². The lowest BCUT2D eigenvalue weighted by Gasteiger charge is -2.34. The summed E-state index contributed by atoms with van der Waals surface area (Å²) in [5, 5.41) is 11.8. The van der Waals surface area contributed by atoms with Gasteiger partial charge >= 0.3 is 0 Å². The quantitative estimate of drug-likeness (QED) is 0.611. The monoisotopic (exact) mass is 414 g/mol. The Bertz CT molecular complexity index is 985. The van der Waals surface area contributed by atoms with Gasteiger partial charge in [0.25, 0.3) is 5.91 Å². The fourth-order valence-corrected chi connectivity index (χ4v) is 3.21. The molecule has 2 aromatic carbocycles. The zero-order chi connectivity index (χ0) is 20.9. The molecule has 1 aliphatic rings. The summed E-state index contributed by atoms with van der Waals surface area (Å²) < 4.78 is 33.1. The number of amides is 1. The van der Waals surface area contributed by atoms with Gasteiger partial charge < -0.3 is 9.64 Å². The molecule has 0 atom stereocenters. The van der Waals surface area contributed by atoms with Crippen LogP contribution >= 0.6 is 0 Å². The van der Waals surface area contributed by atoms with Crippen LogP contribution in [-0.4, -0.2) is 68.7 Å². The number of carbonyl (C=O) groups is 1. The van der Waals surface area contributed by atoms with Crippen LogP contribution in [0.25, 0.3) is 5.69 Å². The lowest BCUT2D eigenvalue weighted by molar-refractivity contribution is -0.135. The number of rotatable bonds is 6. The number of hydrogen-bond acceptors (Lipinski definition) is 6. The molecule has 30 heavy (non-hydrogen) atoms. The van der Waals surface area contributed by atoms with Crippen molar-refractivity contribution >= 4 is 5.91 Å². The number of aromatic nitrogens is 4. The van der Waals surface area contributed by atoms with Gasteiger partial charge in [-0.05, 0) is 59.0 Å². The number of halogens is 2. The first kappa shape index (κ1) is 19.9. The van der Waals surface area contributed by atoms with E-state index in [4.69, 9.17) is 4.74 Å². The van der Waals surface area contributed by atoms with Gasteiger partial charge in [0.2, 0.25) is 0 Å². The minimum absolute atomic E-state index is 0.0888. The first-order valence-corrected chi connectivity index (χ1v) is 9.50. The van der Waals surface area contributed by atoms with Crippen LogP contribution in [-0.2, 0) is 11.3 Å². The van der Waals surface area contributed by atoms with E-state index in [1.54, 1.807) is 21.7 Å². The molecule has 3 aromatic rings. The Morgan fingerprint density at radius 3 is 2.23 bits per heavy atom. The molecule has 2 heterocycles. The minimum Gasteiger partial charge on any atom is -0.484 e. The number of carbonyl (C=O) groups excluding carboxylic acids is 1. The van der Waals surface area contributed by atoms with E-state index in [2.05, 4.69) is 20.4 Å². The smallest absolute Gasteiger partial charge is 0.260 e. The highest BCUT2D eigenvalue weighted by atomic mass is 19.1. The predicted octanol–water partition coefficient (Wildman–Crippen LogP) is 1.66. The summed E-state index contributed by atoms with van der Waals surface area (Å²) in [5.74, 6) is 0.306. The van der Waals surface area contributed by atoms with Gasteiger partial charge in [-0.1, -0.05) is 0 Å². The van der Waals surface area contributed by atoms with Crippen molar-refractivity contribution in [3.05, 3.63) is 66.0 Å². The van der Waals surface area contributed by atoms with Crippen LogP contribution in [0.15, 0.2) is 48.5 Å². The van der Waals surface area contributed by atoms with Gasteiger partial charge in [-0.25, -0.2) is 8.78 Å². The van der Waals surface area contributed by atoms with Crippen LogP contribution in [0.1, 0.15) is 5.82 Å². The topological polar surface area (TPSA) is 76.4 Å². The maximum atomic E-state index is 13.1. The Balaban J connectivity index is 1.28. The lowest BCUT2D eigenvalue weighted by Crippen LogP contribution is -2.49. The van der Waals surface area contributed by atoms with Crippen LogP contribution in [0, 0.1) is 11.6 Å². The normalized spacial score (nSPS) is 14.7. The molecular formula is C20H20F2N6O2. The van der Waals surface area contributed by atoms with Crippen LogP contribution in [0.2, 0.25) is 0 Å². The average molecular weight is 414 g/mol. The van der Waals surface area contributed by atoms with Crippen molar-refractivity contribution < 1.29 is 18.3 Å². The van der Waals surface area contributed by atoms with E-state index >= 15 is 0 Å². The van der Waals surface area contributed by atoms with Crippen molar-refractivity contribution in [2.24, 2.45) is 0 Å². The number of piperazine rings is 1. The molecule has 0 spiro atoms. The van der Waals surface area contributed by atoms with Gasteiger partial charge in [-0.15, -0.1) is 5.10 Å². The van der Waals surface area contributed by atoms with Gasteiger partial charge in [0.15, 0.2) is 12.4 Å². The maximum absolute atomic E-state index is 13.1. The van der Waals surface area contributed by atoms with Crippen LogP contribution < -0.4 is 4.74 Å². The second-order valence-corrected chi connectivity index (χ2v) is 6.88. The van der Waals surface area contributed by atoms with E-state index in [-0.39, 0.29) is 24.1 Å². The molecule has 0 saturated carbocycles. The van der Waals surface area contributed by atoms with Crippen LogP contribution in [0.5, 0.6) is 5.75 Å². The standard InChI is InChI=1S/C20H20F2N6O2/c21-15-1-5-17(6-2-15)28-19(23-24-25-28)13-26-9-11-27(12-10-26)20(29)14-30-18-7-3-16(22)4-8-18/h1-8H,9-14H2. The van der Waals surface area contributed by atoms with E-state index in [0.29, 0.717) is 50.0 Å². The van der Waals surface area contributed by atoms with Crippen molar-refractivity contribution in [2.45, 2.75) is 6.54 Å². The minimum atomic E-state index is -0.352. The van der Waals surface area contributed by atoms with E-state index < -0.39 is 0 Å². The van der Waals surface area contributed by atoms with E-state index in [9.17, 15) is 13.6 Å². The maximum Gasteiger partial charge on any atom is 0.260 e. The number of benzene rings is 2. The van der Waals surface area contributed by atoms with Gasteiger partial charge in [0, 0.05) is 26.2 Å². The highest BCUT2D eigenvalue weighted by Gasteiger charge is 2.23. The Morgan fingerprint density at radius 2 is 1.57 bits per heavy atom. The number of tetrazole rings is 1. The number of ether oxygens (including phenoxy) is 1. The molecule has 1 aliphatic heterocycles. The van der Waals surface area contributed by atoms with Gasteiger partial charge in [-0.3, -0.25) is 9.69 Å². The highest BCUT2D eigenvalue weighted by Crippen LogP contribution is 2.14. The third kappa shape index (κ3) is 4.77. The largest absolute Gasteiger partial charge is 0.484 e. The number of nitrogens with zero attached hydrogens (tertiary/aromatic N) is 6. The zero-order valence-corrected chi connectivity index (χ0v) is 16.1. The molecule has 1 fully saturated rings. The summed E-state index contributed by atoms with van der Waals surface area (Å²) in [6, 6.07) is 11.5. The molecule has 8 nitrogen and oxygen atoms in total. The summed E-state index contributed by atoms with van der Waals surface area (Å²) in [4.78, 5) is 16.3. The summed E-state index contributed by atoms with van der Waals surface area (Å²) in [6.45, 7) is 2.87. The van der Waals surface area contributed by atoms with Crippen molar-refractivity contribution in [1.29, 1.82) is 0 Å². The molecule has 0 unspecified atom stereocenters. The van der Waals surface area contributed by atoms with Crippen LogP contribution in [0.3, 0.4) is 0 Å². The number of hydrogen-bond donors (Lipinski definition) is 0. The third-order valence-electron chi connectivity index (χ3n) is 4.87. The first-order valence-electron chi connectivity index (χ1n) is 9.50. The van der Waals surface area contributed by atoms with Crippen LogP contribution in [0.4, 0.5) is 8.78 Å². The zero-order valence-electron chi connectivity index (χ0n) is 16.1. The van der Waals surface area contributed by atoms with Crippen molar-refractivity contribution in [2.75, 3.05) is 32.8 Å². The van der Waals surface area contributed by atoms with Gasteiger partial charge in [-0.2, -0.15) is 4.68 Å². The summed E-state index contributed by atoms with van der Waals surface area (Å²) >= 11 is 0. The molecule has 0 N–H and O–H groups in total. The van der Waals surface area contributed by atoms with Crippen molar-refractivity contribution in [3.63, 3.8) is 0 Å². The molecule has 0 radical (unpaired) electrons. The summed E-state index contributed by atoms with van der Waals surface area (Å²) in [6.07, 6.45) is 0. The molecule has 0 bridgehead atoms. The Kier molecular flexibility index (Phi) is 5.94. The molecule has 4 rings (SSSR count). The fraction of sp³-hybridized carbons (Fsp3) is 0.300. The average Bonchev–Trinajstić information content (AvgIpc) is 3.22. The van der Waals surface area contributed by atoms with E-state index in [1.165, 1.54) is 36.4 Å². The van der Waals surface area contributed by atoms with Crippen molar-refractivity contribution in [1.82, 2.24) is 30.0 Å². The Morgan fingerprint density at radius 1 is 0.933 bits per heavy atom. The fourth-order valence-electron chi connectivity index (χ4n) is 3.21. The lowest BCUT2D eigenvalue weighted by atomic mass is 10.3. The third-order valence-corrected chi connectivity index (χ3v) is 4.87. The highest BCUT2D eigenvalue weighted by molar-refractivity contribution is 5.77. The van der Waals surface area contributed by atoms with Gasteiger partial charge in [0.05, 0.1) is 12.2 Å². The summed E-state index contributed by atoms with van der Waals surface area (Å²) in [5.41, 5.74) is 0.683. The molecule has 10 heteroatoms. The SMILES string of the molecule is O=C(COc1ccc(F)cc1)N1CCN(Cc2nnnn2-c2ccc(F)cc2)CC1. The molecule has 1 saturated heterocycles. The molecule has 156 valence electrons. The second-order valence-electron chi connectivity index (χ2n) is 6.88. The van der Waals surface area contributed by atoms with E-state index in [0.717, 1.165) is 0 Å². The molecule has 1 amide bonds. The molecule has 1 aromatic heterocycles. The van der Waals surface area contributed by atoms with Gasteiger partial charge in [0.1, 0.15) is 17.4 Å². The molecular weight excluding hydrogens is 394 g/mol. The molecule has 0 aliphatic carbocycles. The van der Waals surface area contributed by atoms with E-state index in [1.807, 2.05) is 0 Å². The first-order chi connectivity index (χ1) is 14.6. The Hall–Kier alpha value is -3.40. The second kappa shape index (κ2) is 8.95. The predicted molar refractivity (Wildman–Crippen MR) is 103 cm³/mol. The summed E-state index contributed by atoms with van der Waals surface area (Å²) in [7, 11) is 0. The van der Waals surface area contributed by atoms with Crippen molar-refractivity contribution in [3.8, 4) is 11.4 Å².